The van der Waals surface area contributed by atoms with Crippen molar-refractivity contribution in [2.45, 2.75) is 12.1 Å². The highest BCUT2D eigenvalue weighted by Gasteiger charge is 2.27. The van der Waals surface area contributed by atoms with E-state index < -0.39 is 0 Å². The van der Waals surface area contributed by atoms with Gasteiger partial charge in [0, 0.05) is 20.2 Å². The van der Waals surface area contributed by atoms with Gasteiger partial charge in [-0.05, 0) is 0 Å². The molecule has 2 rings (SSSR count). The number of hydrogen-bond acceptors (Lipinski definition) is 6. The van der Waals surface area contributed by atoms with Gasteiger partial charge in [-0.15, -0.1) is 0 Å². The molecule has 0 aromatic carbocycles. The number of aromatic nitrogens is 2. The first-order valence-corrected chi connectivity index (χ1v) is 5.69. The predicted octanol–water partition coefficient (Wildman–Crippen LogP) is 0.537. The summed E-state index contributed by atoms with van der Waals surface area (Å²) in [6.45, 7) is 1.62. The number of nitrogens with zero attached hydrogens (tertiary/aromatic N) is 2. The molecule has 0 bridgehead atoms. The monoisotopic (exact) mass is 258 g/mol. The second-order valence-electron chi connectivity index (χ2n) is 3.74. The molecule has 6 nitrogen and oxygen atoms in total. The minimum absolute atomic E-state index is 0.104. The van der Waals surface area contributed by atoms with Crippen LogP contribution in [0.2, 0.25) is 5.02 Å². The lowest BCUT2D eigenvalue weighted by Gasteiger charge is -2.19. The van der Waals surface area contributed by atoms with Crippen LogP contribution >= 0.6 is 11.6 Å². The largest absolute Gasteiger partial charge is 0.467 e. The van der Waals surface area contributed by atoms with Crippen molar-refractivity contribution in [1.82, 2.24) is 15.3 Å². The van der Waals surface area contributed by atoms with Gasteiger partial charge < -0.3 is 20.1 Å². The Morgan fingerprint density at radius 1 is 1.47 bits per heavy atom. The summed E-state index contributed by atoms with van der Waals surface area (Å²) in [5.41, 5.74) is 0. The van der Waals surface area contributed by atoms with Crippen molar-refractivity contribution in [3.8, 4) is 6.01 Å². The van der Waals surface area contributed by atoms with E-state index in [9.17, 15) is 0 Å². The van der Waals surface area contributed by atoms with Gasteiger partial charge in [0.05, 0.1) is 25.5 Å². The molecule has 1 aliphatic rings. The number of anilines is 1. The summed E-state index contributed by atoms with van der Waals surface area (Å²) in [6.07, 6.45) is 1.62. The molecule has 1 unspecified atom stereocenters. The second-order valence-corrected chi connectivity index (χ2v) is 4.14. The van der Waals surface area contributed by atoms with Crippen molar-refractivity contribution in [3.63, 3.8) is 0 Å². The summed E-state index contributed by atoms with van der Waals surface area (Å²) in [5, 5.41) is 6.94. The second kappa shape index (κ2) is 5.48. The maximum Gasteiger partial charge on any atom is 0.318 e. The number of rotatable bonds is 4. The fourth-order valence-corrected chi connectivity index (χ4v) is 1.92. The fourth-order valence-electron chi connectivity index (χ4n) is 1.77. The minimum Gasteiger partial charge on any atom is -0.467 e. The third kappa shape index (κ3) is 2.77. The topological polar surface area (TPSA) is 68.3 Å². The van der Waals surface area contributed by atoms with Gasteiger partial charge in [-0.2, -0.15) is 4.98 Å². The van der Waals surface area contributed by atoms with E-state index in [1.165, 1.54) is 13.3 Å². The van der Waals surface area contributed by atoms with E-state index in [1.807, 2.05) is 0 Å². The van der Waals surface area contributed by atoms with Crippen molar-refractivity contribution in [2.75, 3.05) is 32.6 Å². The highest BCUT2D eigenvalue weighted by atomic mass is 35.5. The van der Waals surface area contributed by atoms with Crippen LogP contribution in [0.3, 0.4) is 0 Å². The van der Waals surface area contributed by atoms with E-state index in [-0.39, 0.29) is 18.2 Å². The van der Waals surface area contributed by atoms with Gasteiger partial charge in [-0.1, -0.05) is 11.6 Å². The molecular formula is C10H15ClN4O2. The number of ether oxygens (including phenoxy) is 2. The summed E-state index contributed by atoms with van der Waals surface area (Å²) >= 11 is 6.02. The van der Waals surface area contributed by atoms with Crippen molar-refractivity contribution in [2.24, 2.45) is 0 Å². The van der Waals surface area contributed by atoms with Gasteiger partial charge in [0.2, 0.25) is 0 Å². The maximum absolute atomic E-state index is 6.02. The Bertz CT molecular complexity index is 391. The van der Waals surface area contributed by atoms with Crippen molar-refractivity contribution in [3.05, 3.63) is 11.2 Å². The van der Waals surface area contributed by atoms with Crippen LogP contribution in [0, 0.1) is 0 Å². The van der Waals surface area contributed by atoms with Crippen LogP contribution < -0.4 is 15.4 Å². The van der Waals surface area contributed by atoms with Crippen molar-refractivity contribution in [1.29, 1.82) is 0 Å². The molecule has 2 atom stereocenters. The van der Waals surface area contributed by atoms with Crippen LogP contribution in [-0.4, -0.2) is 49.4 Å². The summed E-state index contributed by atoms with van der Waals surface area (Å²) in [7, 11) is 3.20. The average Bonchev–Trinajstić information content (AvgIpc) is 2.79. The van der Waals surface area contributed by atoms with Crippen LogP contribution in [0.25, 0.3) is 0 Å². The Hall–Kier alpha value is -1.11. The molecule has 94 valence electrons. The number of hydrogen-bond donors (Lipinski definition) is 2. The van der Waals surface area contributed by atoms with Gasteiger partial charge in [-0.3, -0.25) is 0 Å². The van der Waals surface area contributed by atoms with Gasteiger partial charge in [0.15, 0.2) is 5.82 Å². The molecule has 1 aliphatic heterocycles. The van der Waals surface area contributed by atoms with E-state index in [0.717, 1.165) is 13.1 Å². The lowest BCUT2D eigenvalue weighted by molar-refractivity contribution is 0.111. The molecule has 1 saturated heterocycles. The zero-order chi connectivity index (χ0) is 12.3. The van der Waals surface area contributed by atoms with E-state index in [0.29, 0.717) is 10.8 Å². The molecule has 0 spiro atoms. The van der Waals surface area contributed by atoms with Gasteiger partial charge >= 0.3 is 6.01 Å². The molecule has 1 fully saturated rings. The molecule has 1 aromatic rings. The first kappa shape index (κ1) is 12.3. The molecule has 0 saturated carbocycles. The molecular weight excluding hydrogens is 244 g/mol. The third-order valence-electron chi connectivity index (χ3n) is 2.69. The fraction of sp³-hybridized carbons (Fsp3) is 0.600. The Labute approximate surface area is 105 Å². The highest BCUT2D eigenvalue weighted by molar-refractivity contribution is 6.32. The molecule has 7 heteroatoms. The third-order valence-corrected chi connectivity index (χ3v) is 2.96. The normalized spacial score (nSPS) is 23.7. The molecule has 0 radical (unpaired) electrons. The summed E-state index contributed by atoms with van der Waals surface area (Å²) in [6, 6.07) is 0.425. The summed E-state index contributed by atoms with van der Waals surface area (Å²) in [5.74, 6) is 0.564. The van der Waals surface area contributed by atoms with Crippen molar-refractivity contribution < 1.29 is 9.47 Å². The number of halogens is 1. The average molecular weight is 259 g/mol. The molecule has 2 heterocycles. The Morgan fingerprint density at radius 2 is 2.29 bits per heavy atom. The number of methoxy groups -OCH3 is 2. The lowest BCUT2D eigenvalue weighted by atomic mass is 10.2. The summed E-state index contributed by atoms with van der Waals surface area (Å²) < 4.78 is 10.3. The van der Waals surface area contributed by atoms with E-state index in [4.69, 9.17) is 21.1 Å². The molecule has 0 amide bonds. The molecule has 17 heavy (non-hydrogen) atoms. The summed E-state index contributed by atoms with van der Waals surface area (Å²) in [4.78, 5) is 8.08. The predicted molar refractivity (Wildman–Crippen MR) is 64.7 cm³/mol. The Balaban J connectivity index is 2.12. The van der Waals surface area contributed by atoms with E-state index >= 15 is 0 Å². The van der Waals surface area contributed by atoms with Crippen molar-refractivity contribution >= 4 is 17.4 Å². The van der Waals surface area contributed by atoms with Crippen LogP contribution in [0.5, 0.6) is 6.01 Å². The zero-order valence-electron chi connectivity index (χ0n) is 9.74. The first-order chi connectivity index (χ1) is 8.24. The minimum atomic E-state index is 0.104. The lowest BCUT2D eigenvalue weighted by Crippen LogP contribution is -2.34. The maximum atomic E-state index is 6.02. The van der Waals surface area contributed by atoms with Crippen LogP contribution in [0.1, 0.15) is 0 Å². The van der Waals surface area contributed by atoms with Crippen LogP contribution in [-0.2, 0) is 4.74 Å². The SMILES string of the molecule is COc1ncc(Cl)c(NC2CNC[C@@H]2OC)n1. The smallest absolute Gasteiger partial charge is 0.318 e. The van der Waals surface area contributed by atoms with Crippen LogP contribution in [0.4, 0.5) is 5.82 Å². The van der Waals surface area contributed by atoms with Gasteiger partial charge in [0.1, 0.15) is 5.02 Å². The number of nitrogens with one attached hydrogen (secondary N) is 2. The highest BCUT2D eigenvalue weighted by Crippen LogP contribution is 2.22. The zero-order valence-corrected chi connectivity index (χ0v) is 10.5. The van der Waals surface area contributed by atoms with E-state index in [2.05, 4.69) is 20.6 Å². The first-order valence-electron chi connectivity index (χ1n) is 5.31. The van der Waals surface area contributed by atoms with Gasteiger partial charge in [-0.25, -0.2) is 4.98 Å². The standard InChI is InChI=1S/C10H15ClN4O2/c1-16-8-5-12-4-7(8)14-9-6(11)3-13-10(15-9)17-2/h3,7-8,12H,4-5H2,1-2H3,(H,13,14,15)/t7?,8-/m0/s1. The molecule has 2 N–H and O–H groups in total. The van der Waals surface area contributed by atoms with Gasteiger partial charge in [0.25, 0.3) is 0 Å². The molecule has 0 aliphatic carbocycles. The van der Waals surface area contributed by atoms with E-state index in [1.54, 1.807) is 7.11 Å². The quantitative estimate of drug-likeness (QED) is 0.822. The van der Waals surface area contributed by atoms with Crippen LogP contribution in [0.15, 0.2) is 6.20 Å². The Morgan fingerprint density at radius 3 is 3.00 bits per heavy atom. The Kier molecular flexibility index (Phi) is 3.98. The molecule has 1 aromatic heterocycles.